The van der Waals surface area contributed by atoms with Crippen molar-refractivity contribution in [2.45, 2.75) is 19.0 Å². The predicted molar refractivity (Wildman–Crippen MR) is 65.1 cm³/mol. The van der Waals surface area contributed by atoms with Crippen LogP contribution in [0, 0.1) is 0 Å². The maximum absolute atomic E-state index is 10.7. The number of carboxylic acid groups (broad SMARTS) is 1. The second-order valence-corrected chi connectivity index (χ2v) is 4.49. The molecule has 2 aromatic heterocycles. The van der Waals surface area contributed by atoms with Gasteiger partial charge < -0.3 is 16.2 Å². The highest BCUT2D eigenvalue weighted by molar-refractivity contribution is 7.13. The van der Waals surface area contributed by atoms with Gasteiger partial charge in [-0.2, -0.15) is 5.10 Å². The van der Waals surface area contributed by atoms with Crippen molar-refractivity contribution in [2.75, 3.05) is 5.32 Å². The summed E-state index contributed by atoms with van der Waals surface area (Å²) in [6, 6.07) is -1.20. The Hall–Kier alpha value is -2.00. The van der Waals surface area contributed by atoms with E-state index in [0.29, 0.717) is 16.6 Å². The molecule has 0 fully saturated rings. The normalized spacial score (nSPS) is 14.1. The van der Waals surface area contributed by atoms with Crippen LogP contribution >= 0.6 is 11.3 Å². The number of anilines is 1. The van der Waals surface area contributed by atoms with E-state index >= 15 is 0 Å². The van der Waals surface area contributed by atoms with Crippen LogP contribution in [-0.4, -0.2) is 31.2 Å². The van der Waals surface area contributed by atoms with E-state index in [9.17, 15) is 4.79 Å². The third-order valence-electron chi connectivity index (χ3n) is 2.29. The van der Waals surface area contributed by atoms with Gasteiger partial charge in [0.2, 0.25) is 0 Å². The number of nitrogens with one attached hydrogen (secondary N) is 2. The summed E-state index contributed by atoms with van der Waals surface area (Å²) in [7, 11) is 0. The fourth-order valence-corrected chi connectivity index (χ4v) is 2.13. The van der Waals surface area contributed by atoms with Gasteiger partial charge in [0.05, 0.1) is 11.7 Å². The summed E-state index contributed by atoms with van der Waals surface area (Å²) < 4.78 is 0. The number of carbonyl (C=O) groups is 1. The predicted octanol–water partition coefficient (Wildman–Crippen LogP) is 0.519. The summed E-state index contributed by atoms with van der Waals surface area (Å²) in [6.07, 6.45) is 1.42. The first-order chi connectivity index (χ1) is 8.58. The molecule has 2 unspecified atom stereocenters. The van der Waals surface area contributed by atoms with Crippen molar-refractivity contribution >= 4 is 22.4 Å². The van der Waals surface area contributed by atoms with Crippen LogP contribution in [0.3, 0.4) is 0 Å². The molecule has 0 aliphatic rings. The molecule has 0 bridgehead atoms. The van der Waals surface area contributed by atoms with Gasteiger partial charge in [-0.3, -0.25) is 9.89 Å². The number of rotatable bonds is 5. The van der Waals surface area contributed by atoms with E-state index in [2.05, 4.69) is 25.5 Å². The lowest BCUT2D eigenvalue weighted by Crippen LogP contribution is -2.21. The third kappa shape index (κ3) is 2.63. The average molecular weight is 268 g/mol. The summed E-state index contributed by atoms with van der Waals surface area (Å²) in [4.78, 5) is 18.8. The van der Waals surface area contributed by atoms with Crippen LogP contribution in [-0.2, 0) is 4.79 Å². The number of aliphatic carboxylic acids is 1. The fourth-order valence-electron chi connectivity index (χ4n) is 1.30. The zero-order valence-corrected chi connectivity index (χ0v) is 10.3. The number of nitrogens with zero attached hydrogens (tertiary/aromatic N) is 3. The SMILES string of the molecule is CC(Nc1nc(C(N)C(=O)O)cs1)c1ncn[nH]1. The van der Waals surface area contributed by atoms with Gasteiger partial charge in [0.1, 0.15) is 18.2 Å². The molecule has 2 aromatic rings. The topological polar surface area (TPSA) is 130 Å². The number of hydrogen-bond donors (Lipinski definition) is 4. The molecule has 18 heavy (non-hydrogen) atoms. The lowest BCUT2D eigenvalue weighted by atomic mass is 10.2. The Morgan fingerprint density at radius 2 is 2.44 bits per heavy atom. The number of hydrogen-bond acceptors (Lipinski definition) is 7. The third-order valence-corrected chi connectivity index (χ3v) is 3.08. The average Bonchev–Trinajstić information content (AvgIpc) is 2.98. The Bertz CT molecular complexity index is 525. The van der Waals surface area contributed by atoms with Crippen LogP contribution < -0.4 is 11.1 Å². The van der Waals surface area contributed by atoms with Crippen molar-refractivity contribution in [1.29, 1.82) is 0 Å². The molecule has 2 heterocycles. The van der Waals surface area contributed by atoms with E-state index in [-0.39, 0.29) is 6.04 Å². The van der Waals surface area contributed by atoms with Crippen LogP contribution in [0.1, 0.15) is 30.5 Å². The minimum absolute atomic E-state index is 0.104. The first-order valence-corrected chi connectivity index (χ1v) is 6.01. The molecule has 0 spiro atoms. The highest BCUT2D eigenvalue weighted by Crippen LogP contribution is 2.23. The molecule has 0 radical (unpaired) electrons. The van der Waals surface area contributed by atoms with Crippen LogP contribution in [0.25, 0.3) is 0 Å². The summed E-state index contributed by atoms with van der Waals surface area (Å²) in [5.41, 5.74) is 5.80. The van der Waals surface area contributed by atoms with E-state index < -0.39 is 12.0 Å². The van der Waals surface area contributed by atoms with Gasteiger partial charge in [-0.15, -0.1) is 11.3 Å². The Labute approximate surface area is 106 Å². The van der Waals surface area contributed by atoms with Crippen molar-refractivity contribution in [1.82, 2.24) is 20.2 Å². The standard InChI is InChI=1S/C9H12N6O2S/c1-4(7-11-3-12-15-7)13-9-14-5(2-18-9)6(10)8(16)17/h2-4,6H,10H2,1H3,(H,13,14)(H,16,17)(H,11,12,15). The minimum atomic E-state index is -1.10. The quantitative estimate of drug-likeness (QED) is 0.621. The molecule has 0 aromatic carbocycles. The molecule has 9 heteroatoms. The van der Waals surface area contributed by atoms with Crippen molar-refractivity contribution in [2.24, 2.45) is 5.73 Å². The first kappa shape index (κ1) is 12.5. The Morgan fingerprint density at radius 3 is 3.06 bits per heavy atom. The monoisotopic (exact) mass is 268 g/mol. The number of aromatic nitrogens is 4. The van der Waals surface area contributed by atoms with Gasteiger partial charge in [-0.05, 0) is 6.92 Å². The van der Waals surface area contributed by atoms with Crippen molar-refractivity contribution in [3.8, 4) is 0 Å². The maximum Gasteiger partial charge on any atom is 0.326 e. The summed E-state index contributed by atoms with van der Waals surface area (Å²) in [6.45, 7) is 1.89. The Balaban J connectivity index is 2.05. The van der Waals surface area contributed by atoms with Crippen LogP contribution in [0.4, 0.5) is 5.13 Å². The van der Waals surface area contributed by atoms with Gasteiger partial charge >= 0.3 is 5.97 Å². The largest absolute Gasteiger partial charge is 0.480 e. The number of H-pyrrole nitrogens is 1. The molecule has 96 valence electrons. The first-order valence-electron chi connectivity index (χ1n) is 5.13. The van der Waals surface area contributed by atoms with Gasteiger partial charge in [0.25, 0.3) is 0 Å². The highest BCUT2D eigenvalue weighted by atomic mass is 32.1. The second kappa shape index (κ2) is 5.10. The number of thiazole rings is 1. The summed E-state index contributed by atoms with van der Waals surface area (Å²) >= 11 is 1.29. The number of nitrogens with two attached hydrogens (primary N) is 1. The molecule has 2 rings (SSSR count). The Kier molecular flexibility index (Phi) is 3.53. The van der Waals surface area contributed by atoms with E-state index in [1.54, 1.807) is 5.38 Å². The molecule has 8 nitrogen and oxygen atoms in total. The zero-order chi connectivity index (χ0) is 13.1. The zero-order valence-electron chi connectivity index (χ0n) is 9.49. The lowest BCUT2D eigenvalue weighted by molar-refractivity contribution is -0.138. The van der Waals surface area contributed by atoms with Crippen molar-refractivity contribution in [3.63, 3.8) is 0 Å². The lowest BCUT2D eigenvalue weighted by Gasteiger charge is -2.08. The van der Waals surface area contributed by atoms with E-state index in [0.717, 1.165) is 0 Å². The number of aromatic amines is 1. The second-order valence-electron chi connectivity index (χ2n) is 3.63. The van der Waals surface area contributed by atoms with Gasteiger partial charge in [0, 0.05) is 5.38 Å². The molecular formula is C9H12N6O2S. The molecule has 0 aliphatic carbocycles. The highest BCUT2D eigenvalue weighted by Gasteiger charge is 2.18. The summed E-state index contributed by atoms with van der Waals surface area (Å²) in [5, 5.41) is 20.6. The molecular weight excluding hydrogens is 256 g/mol. The minimum Gasteiger partial charge on any atom is -0.480 e. The van der Waals surface area contributed by atoms with Gasteiger partial charge in [-0.25, -0.2) is 9.97 Å². The van der Waals surface area contributed by atoms with Crippen molar-refractivity contribution in [3.05, 3.63) is 23.2 Å². The van der Waals surface area contributed by atoms with Crippen LogP contribution in [0.15, 0.2) is 11.7 Å². The number of carboxylic acids is 1. The van der Waals surface area contributed by atoms with Gasteiger partial charge in [0.15, 0.2) is 5.13 Å². The van der Waals surface area contributed by atoms with E-state index in [1.165, 1.54) is 17.7 Å². The molecule has 2 atom stereocenters. The smallest absolute Gasteiger partial charge is 0.326 e. The fraction of sp³-hybridized carbons (Fsp3) is 0.333. The Morgan fingerprint density at radius 1 is 1.67 bits per heavy atom. The summed E-state index contributed by atoms with van der Waals surface area (Å²) in [5.74, 6) is -0.426. The van der Waals surface area contributed by atoms with E-state index in [1.807, 2.05) is 6.92 Å². The van der Waals surface area contributed by atoms with Crippen LogP contribution in [0.5, 0.6) is 0 Å². The molecule has 5 N–H and O–H groups in total. The molecule has 0 aliphatic heterocycles. The molecule has 0 saturated heterocycles. The molecule has 0 amide bonds. The van der Waals surface area contributed by atoms with Gasteiger partial charge in [-0.1, -0.05) is 0 Å². The van der Waals surface area contributed by atoms with Crippen molar-refractivity contribution < 1.29 is 9.90 Å². The maximum atomic E-state index is 10.7. The molecule has 0 saturated carbocycles. The van der Waals surface area contributed by atoms with E-state index in [4.69, 9.17) is 10.8 Å². The van der Waals surface area contributed by atoms with Crippen LogP contribution in [0.2, 0.25) is 0 Å².